The molecule has 156 valence electrons. The molecule has 0 amide bonds. The molecule has 1 unspecified atom stereocenters. The van der Waals surface area contributed by atoms with E-state index in [2.05, 4.69) is 45.0 Å². The molecule has 1 heteroatoms. The van der Waals surface area contributed by atoms with E-state index in [9.17, 15) is 0 Å². The van der Waals surface area contributed by atoms with Crippen molar-refractivity contribution in [3.63, 3.8) is 0 Å². The third-order valence-electron chi connectivity index (χ3n) is 5.67. The smallest absolute Gasteiger partial charge is 0.00891 e. The maximum absolute atomic E-state index is 2.46. The minimum absolute atomic E-state index is 0.812. The second-order valence-electron chi connectivity index (χ2n) is 8.49. The Morgan fingerprint density at radius 1 is 0.538 bits per heavy atom. The molecule has 0 aliphatic heterocycles. The largest absolute Gasteiger partial charge is 0.306 e. The lowest BCUT2D eigenvalue weighted by molar-refractivity contribution is 0.251. The molecule has 0 heterocycles. The zero-order valence-corrected chi connectivity index (χ0v) is 18.9. The minimum atomic E-state index is 0.812. The van der Waals surface area contributed by atoms with Crippen LogP contribution in [-0.4, -0.2) is 25.0 Å². The summed E-state index contributed by atoms with van der Waals surface area (Å²) in [6.45, 7) is 4.58. The fourth-order valence-corrected chi connectivity index (χ4v) is 3.74. The molecule has 0 rings (SSSR count). The minimum Gasteiger partial charge on any atom is -0.306 e. The summed E-state index contributed by atoms with van der Waals surface area (Å²) < 4.78 is 0. The zero-order chi connectivity index (χ0) is 19.3. The quantitative estimate of drug-likeness (QED) is 0.154. The van der Waals surface area contributed by atoms with E-state index in [0.717, 1.165) is 6.04 Å². The second-order valence-corrected chi connectivity index (χ2v) is 8.49. The lowest BCUT2D eigenvalue weighted by atomic mass is 9.99. The van der Waals surface area contributed by atoms with Gasteiger partial charge in [-0.2, -0.15) is 0 Å². The summed E-state index contributed by atoms with van der Waals surface area (Å²) in [5, 5.41) is 0. The van der Waals surface area contributed by atoms with E-state index in [-0.39, 0.29) is 0 Å². The summed E-state index contributed by atoms with van der Waals surface area (Å²) in [6, 6.07) is 0.812. The van der Waals surface area contributed by atoms with Crippen LogP contribution >= 0.6 is 0 Å². The van der Waals surface area contributed by atoms with Crippen LogP contribution in [0, 0.1) is 0 Å². The molecule has 0 bridgehead atoms. The first-order valence-corrected chi connectivity index (χ1v) is 12.0. The Balaban J connectivity index is 3.45. The highest BCUT2D eigenvalue weighted by atomic mass is 15.1. The number of hydrogen-bond acceptors (Lipinski definition) is 1. The highest BCUT2D eigenvalue weighted by Crippen LogP contribution is 2.17. The summed E-state index contributed by atoms with van der Waals surface area (Å²) >= 11 is 0. The number of allylic oxidation sites excluding steroid dienone is 2. The summed E-state index contributed by atoms with van der Waals surface area (Å²) in [5.41, 5.74) is 0. The fraction of sp³-hybridized carbons (Fsp3) is 0.920. The van der Waals surface area contributed by atoms with Gasteiger partial charge in [0.25, 0.3) is 0 Å². The Morgan fingerprint density at radius 2 is 0.923 bits per heavy atom. The number of unbranched alkanes of at least 4 members (excludes halogenated alkanes) is 13. The molecule has 0 aliphatic rings. The van der Waals surface area contributed by atoms with Gasteiger partial charge in [0.05, 0.1) is 0 Å². The molecule has 1 nitrogen and oxygen atoms in total. The molecule has 26 heavy (non-hydrogen) atoms. The van der Waals surface area contributed by atoms with Crippen LogP contribution in [0.15, 0.2) is 12.2 Å². The van der Waals surface area contributed by atoms with Crippen molar-refractivity contribution in [2.45, 2.75) is 135 Å². The maximum atomic E-state index is 2.46. The molecule has 0 aromatic carbocycles. The lowest BCUT2D eigenvalue weighted by Gasteiger charge is -2.24. The van der Waals surface area contributed by atoms with E-state index in [4.69, 9.17) is 0 Å². The van der Waals surface area contributed by atoms with Crippen LogP contribution in [0.2, 0.25) is 0 Å². The van der Waals surface area contributed by atoms with E-state index in [1.807, 2.05) is 0 Å². The monoisotopic (exact) mass is 365 g/mol. The van der Waals surface area contributed by atoms with Crippen LogP contribution in [0.1, 0.15) is 129 Å². The molecule has 0 saturated heterocycles. The van der Waals surface area contributed by atoms with Gasteiger partial charge in [-0.25, -0.2) is 0 Å². The second kappa shape index (κ2) is 21.0. The number of hydrogen-bond donors (Lipinski definition) is 0. The Bertz CT molecular complexity index is 282. The predicted molar refractivity (Wildman–Crippen MR) is 121 cm³/mol. The SMILES string of the molecule is CCCCCC/C=C\CCCCCCCC(CCCCCCC)N(C)C. The molecule has 0 aliphatic carbocycles. The molecular weight excluding hydrogens is 314 g/mol. The summed E-state index contributed by atoms with van der Waals surface area (Å²) in [5.74, 6) is 0. The number of nitrogens with zero attached hydrogens (tertiary/aromatic N) is 1. The highest BCUT2D eigenvalue weighted by molar-refractivity contribution is 4.81. The van der Waals surface area contributed by atoms with Gasteiger partial charge in [-0.3, -0.25) is 0 Å². The van der Waals surface area contributed by atoms with Crippen LogP contribution in [0.25, 0.3) is 0 Å². The van der Waals surface area contributed by atoms with Gasteiger partial charge in [0.2, 0.25) is 0 Å². The van der Waals surface area contributed by atoms with Gasteiger partial charge in [0, 0.05) is 6.04 Å². The first kappa shape index (κ1) is 25.7. The van der Waals surface area contributed by atoms with Crippen LogP contribution < -0.4 is 0 Å². The van der Waals surface area contributed by atoms with Crippen LogP contribution in [0.5, 0.6) is 0 Å². The van der Waals surface area contributed by atoms with Crippen molar-refractivity contribution >= 4 is 0 Å². The van der Waals surface area contributed by atoms with Crippen molar-refractivity contribution in [3.05, 3.63) is 12.2 Å². The van der Waals surface area contributed by atoms with Gasteiger partial charge >= 0.3 is 0 Å². The fourth-order valence-electron chi connectivity index (χ4n) is 3.74. The van der Waals surface area contributed by atoms with Gasteiger partial charge in [-0.15, -0.1) is 0 Å². The third kappa shape index (κ3) is 18.5. The topological polar surface area (TPSA) is 3.24 Å². The first-order valence-electron chi connectivity index (χ1n) is 12.0. The first-order chi connectivity index (χ1) is 12.7. The van der Waals surface area contributed by atoms with E-state index in [1.54, 1.807) is 0 Å². The average molecular weight is 366 g/mol. The molecule has 0 N–H and O–H groups in total. The van der Waals surface area contributed by atoms with Gasteiger partial charge in [0.15, 0.2) is 0 Å². The molecule has 0 aromatic rings. The molecule has 0 aromatic heterocycles. The van der Waals surface area contributed by atoms with Gasteiger partial charge < -0.3 is 4.90 Å². The molecule has 0 radical (unpaired) electrons. The van der Waals surface area contributed by atoms with E-state index in [1.165, 1.54) is 116 Å². The van der Waals surface area contributed by atoms with Crippen molar-refractivity contribution in [3.8, 4) is 0 Å². The summed E-state index contributed by atoms with van der Waals surface area (Å²) in [7, 11) is 4.54. The van der Waals surface area contributed by atoms with E-state index in [0.29, 0.717) is 0 Å². The zero-order valence-electron chi connectivity index (χ0n) is 18.9. The summed E-state index contributed by atoms with van der Waals surface area (Å²) in [6.07, 6.45) is 29.9. The lowest BCUT2D eigenvalue weighted by Crippen LogP contribution is -2.27. The molecule has 0 spiro atoms. The van der Waals surface area contributed by atoms with Crippen LogP contribution in [0.4, 0.5) is 0 Å². The van der Waals surface area contributed by atoms with Crippen molar-refractivity contribution in [1.82, 2.24) is 4.90 Å². The number of rotatable bonds is 20. The Kier molecular flexibility index (Phi) is 20.8. The van der Waals surface area contributed by atoms with Crippen molar-refractivity contribution in [2.24, 2.45) is 0 Å². The highest BCUT2D eigenvalue weighted by Gasteiger charge is 2.10. The molecule has 0 saturated carbocycles. The van der Waals surface area contributed by atoms with Crippen LogP contribution in [-0.2, 0) is 0 Å². The van der Waals surface area contributed by atoms with Crippen molar-refractivity contribution < 1.29 is 0 Å². The Morgan fingerprint density at radius 3 is 1.38 bits per heavy atom. The van der Waals surface area contributed by atoms with Gasteiger partial charge in [-0.1, -0.05) is 103 Å². The standard InChI is InChI=1S/C25H51N/c1-5-7-9-11-12-13-14-15-16-17-18-20-22-24-25(26(3)4)23-21-19-10-8-6-2/h13-14,25H,5-12,15-24H2,1-4H3/b14-13-. The normalized spacial score (nSPS) is 13.1. The Labute approximate surface area is 167 Å². The van der Waals surface area contributed by atoms with Crippen LogP contribution in [0.3, 0.4) is 0 Å². The molecule has 1 atom stereocenters. The molecular formula is C25H51N. The molecule has 0 fully saturated rings. The summed E-state index contributed by atoms with van der Waals surface area (Å²) in [4.78, 5) is 2.46. The van der Waals surface area contributed by atoms with Gasteiger partial charge in [0.1, 0.15) is 0 Å². The third-order valence-corrected chi connectivity index (χ3v) is 5.67. The Hall–Kier alpha value is -0.300. The van der Waals surface area contributed by atoms with E-state index < -0.39 is 0 Å². The van der Waals surface area contributed by atoms with Gasteiger partial charge in [-0.05, 0) is 52.6 Å². The van der Waals surface area contributed by atoms with E-state index >= 15 is 0 Å². The van der Waals surface area contributed by atoms with Crippen molar-refractivity contribution in [2.75, 3.05) is 14.1 Å². The predicted octanol–water partition coefficient (Wildman–Crippen LogP) is 8.53. The maximum Gasteiger partial charge on any atom is 0.00891 e. The average Bonchev–Trinajstić information content (AvgIpc) is 2.63. The van der Waals surface area contributed by atoms with Crippen molar-refractivity contribution in [1.29, 1.82) is 0 Å².